The molecule has 0 unspecified atom stereocenters. The van der Waals surface area contributed by atoms with E-state index >= 15 is 0 Å². The normalized spacial score (nSPS) is 14.0. The molecule has 4 heteroatoms. The van der Waals surface area contributed by atoms with Gasteiger partial charge in [0, 0.05) is 31.9 Å². The van der Waals surface area contributed by atoms with Crippen molar-refractivity contribution in [1.29, 1.82) is 0 Å². The maximum atomic E-state index is 12.2. The van der Waals surface area contributed by atoms with Crippen LogP contribution in [0.3, 0.4) is 0 Å². The second-order valence-corrected chi connectivity index (χ2v) is 6.03. The number of rotatable bonds is 7. The SMILES string of the molecule is CCC(=O)N(Cc1nccn1Cc1ccccc1)CC1CC1. The van der Waals surface area contributed by atoms with E-state index in [1.807, 2.05) is 42.4 Å². The zero-order valence-electron chi connectivity index (χ0n) is 13.1. The van der Waals surface area contributed by atoms with Crippen LogP contribution in [0.25, 0.3) is 0 Å². The molecule has 0 atom stereocenters. The molecule has 0 saturated heterocycles. The van der Waals surface area contributed by atoms with Crippen molar-refractivity contribution >= 4 is 5.91 Å². The van der Waals surface area contributed by atoms with E-state index in [4.69, 9.17) is 0 Å². The van der Waals surface area contributed by atoms with Gasteiger partial charge in [-0.1, -0.05) is 37.3 Å². The highest BCUT2D eigenvalue weighted by molar-refractivity contribution is 5.75. The van der Waals surface area contributed by atoms with Crippen LogP contribution in [-0.2, 0) is 17.9 Å². The van der Waals surface area contributed by atoms with E-state index in [1.54, 1.807) is 0 Å². The van der Waals surface area contributed by atoms with Crippen LogP contribution < -0.4 is 0 Å². The predicted molar refractivity (Wildman–Crippen MR) is 86.2 cm³/mol. The van der Waals surface area contributed by atoms with Gasteiger partial charge in [0.2, 0.25) is 5.91 Å². The molecule has 1 amide bonds. The smallest absolute Gasteiger partial charge is 0.222 e. The number of nitrogens with zero attached hydrogens (tertiary/aromatic N) is 3. The molecule has 1 saturated carbocycles. The molecule has 1 aliphatic rings. The van der Waals surface area contributed by atoms with Gasteiger partial charge in [-0.2, -0.15) is 0 Å². The zero-order valence-corrected chi connectivity index (χ0v) is 13.1. The summed E-state index contributed by atoms with van der Waals surface area (Å²) in [4.78, 5) is 18.6. The summed E-state index contributed by atoms with van der Waals surface area (Å²) in [7, 11) is 0. The number of hydrogen-bond acceptors (Lipinski definition) is 2. The molecule has 22 heavy (non-hydrogen) atoms. The van der Waals surface area contributed by atoms with Crippen LogP contribution in [0.4, 0.5) is 0 Å². The average Bonchev–Trinajstić information content (AvgIpc) is 3.27. The van der Waals surface area contributed by atoms with Crippen molar-refractivity contribution in [2.75, 3.05) is 6.54 Å². The van der Waals surface area contributed by atoms with E-state index in [-0.39, 0.29) is 5.91 Å². The lowest BCUT2D eigenvalue weighted by molar-refractivity contribution is -0.131. The van der Waals surface area contributed by atoms with Gasteiger partial charge in [0.25, 0.3) is 0 Å². The van der Waals surface area contributed by atoms with Crippen molar-refractivity contribution in [3.63, 3.8) is 0 Å². The number of amides is 1. The Kier molecular flexibility index (Phi) is 4.56. The number of carbonyl (C=O) groups is 1. The molecule has 116 valence electrons. The number of hydrogen-bond donors (Lipinski definition) is 0. The van der Waals surface area contributed by atoms with Gasteiger partial charge >= 0.3 is 0 Å². The van der Waals surface area contributed by atoms with Crippen molar-refractivity contribution in [3.05, 3.63) is 54.1 Å². The molecular weight excluding hydrogens is 274 g/mol. The predicted octanol–water partition coefficient (Wildman–Crippen LogP) is 3.08. The lowest BCUT2D eigenvalue weighted by atomic mass is 10.2. The Bertz CT molecular complexity index is 616. The summed E-state index contributed by atoms with van der Waals surface area (Å²) in [5.41, 5.74) is 1.25. The summed E-state index contributed by atoms with van der Waals surface area (Å²) < 4.78 is 2.14. The summed E-state index contributed by atoms with van der Waals surface area (Å²) in [6, 6.07) is 10.3. The summed E-state index contributed by atoms with van der Waals surface area (Å²) in [5.74, 6) is 1.89. The fraction of sp³-hybridized carbons (Fsp3) is 0.444. The fourth-order valence-corrected chi connectivity index (χ4v) is 2.68. The van der Waals surface area contributed by atoms with E-state index in [0.717, 1.165) is 18.9 Å². The van der Waals surface area contributed by atoms with Gasteiger partial charge in [0.15, 0.2) is 0 Å². The Balaban J connectivity index is 1.71. The highest BCUT2D eigenvalue weighted by Crippen LogP contribution is 2.30. The lowest BCUT2D eigenvalue weighted by Gasteiger charge is -2.22. The van der Waals surface area contributed by atoms with Gasteiger partial charge in [0.05, 0.1) is 6.54 Å². The second kappa shape index (κ2) is 6.77. The van der Waals surface area contributed by atoms with Crippen molar-refractivity contribution in [1.82, 2.24) is 14.5 Å². The highest BCUT2D eigenvalue weighted by atomic mass is 16.2. The minimum Gasteiger partial charge on any atom is -0.335 e. The van der Waals surface area contributed by atoms with Crippen molar-refractivity contribution in [2.24, 2.45) is 5.92 Å². The minimum atomic E-state index is 0.223. The van der Waals surface area contributed by atoms with Crippen LogP contribution in [0.5, 0.6) is 0 Å². The first-order chi connectivity index (χ1) is 10.8. The third-order valence-corrected chi connectivity index (χ3v) is 4.16. The topological polar surface area (TPSA) is 38.1 Å². The standard InChI is InChI=1S/C18H23N3O/c1-2-18(22)21(13-16-8-9-16)14-17-19-10-11-20(17)12-15-6-4-3-5-7-15/h3-7,10-11,16H,2,8-9,12-14H2,1H3. The Labute approximate surface area is 131 Å². The van der Waals surface area contributed by atoms with Gasteiger partial charge < -0.3 is 9.47 Å². The highest BCUT2D eigenvalue weighted by Gasteiger charge is 2.26. The second-order valence-electron chi connectivity index (χ2n) is 6.03. The fourth-order valence-electron chi connectivity index (χ4n) is 2.68. The maximum absolute atomic E-state index is 12.2. The molecule has 1 heterocycles. The first-order valence-corrected chi connectivity index (χ1v) is 8.08. The number of benzene rings is 1. The van der Waals surface area contributed by atoms with Crippen LogP contribution >= 0.6 is 0 Å². The van der Waals surface area contributed by atoms with Crippen LogP contribution in [0.2, 0.25) is 0 Å². The van der Waals surface area contributed by atoms with Crippen LogP contribution in [-0.4, -0.2) is 26.9 Å². The van der Waals surface area contributed by atoms with E-state index in [9.17, 15) is 4.79 Å². The summed E-state index contributed by atoms with van der Waals surface area (Å²) >= 11 is 0. The van der Waals surface area contributed by atoms with Crippen LogP contribution in [0, 0.1) is 5.92 Å². The molecule has 4 nitrogen and oxygen atoms in total. The van der Waals surface area contributed by atoms with Gasteiger partial charge in [-0.15, -0.1) is 0 Å². The molecule has 3 rings (SSSR count). The molecule has 0 bridgehead atoms. The van der Waals surface area contributed by atoms with Gasteiger partial charge in [0.1, 0.15) is 5.82 Å². The maximum Gasteiger partial charge on any atom is 0.222 e. The quantitative estimate of drug-likeness (QED) is 0.787. The molecule has 1 aromatic heterocycles. The monoisotopic (exact) mass is 297 g/mol. The molecule has 1 aliphatic carbocycles. The van der Waals surface area contributed by atoms with Gasteiger partial charge in [-0.25, -0.2) is 4.98 Å². The number of imidazole rings is 1. The van der Waals surface area contributed by atoms with Crippen molar-refractivity contribution < 1.29 is 4.79 Å². The number of aromatic nitrogens is 2. The largest absolute Gasteiger partial charge is 0.335 e. The Hall–Kier alpha value is -2.10. The Morgan fingerprint density at radius 3 is 2.77 bits per heavy atom. The van der Waals surface area contributed by atoms with E-state index in [1.165, 1.54) is 18.4 Å². The zero-order chi connectivity index (χ0) is 15.4. The van der Waals surface area contributed by atoms with Crippen molar-refractivity contribution in [2.45, 2.75) is 39.3 Å². The lowest BCUT2D eigenvalue weighted by Crippen LogP contribution is -2.33. The summed E-state index contributed by atoms with van der Waals surface area (Å²) in [6.45, 7) is 4.22. The van der Waals surface area contributed by atoms with Crippen LogP contribution in [0.1, 0.15) is 37.6 Å². The van der Waals surface area contributed by atoms with E-state index < -0.39 is 0 Å². The van der Waals surface area contributed by atoms with Gasteiger partial charge in [-0.3, -0.25) is 4.79 Å². The molecule has 0 spiro atoms. The average molecular weight is 297 g/mol. The number of carbonyl (C=O) groups excluding carboxylic acids is 1. The van der Waals surface area contributed by atoms with Crippen LogP contribution in [0.15, 0.2) is 42.7 Å². The third kappa shape index (κ3) is 3.75. The summed E-state index contributed by atoms with van der Waals surface area (Å²) in [6.07, 6.45) is 6.89. The molecule has 1 aromatic carbocycles. The first kappa shape index (κ1) is 14.8. The minimum absolute atomic E-state index is 0.223. The molecule has 2 aromatic rings. The van der Waals surface area contributed by atoms with E-state index in [0.29, 0.717) is 18.9 Å². The summed E-state index contributed by atoms with van der Waals surface area (Å²) in [5, 5.41) is 0. The molecule has 0 N–H and O–H groups in total. The third-order valence-electron chi connectivity index (χ3n) is 4.16. The Morgan fingerprint density at radius 2 is 2.09 bits per heavy atom. The van der Waals surface area contributed by atoms with E-state index in [2.05, 4.69) is 21.7 Å². The molecule has 0 radical (unpaired) electrons. The van der Waals surface area contributed by atoms with Crippen molar-refractivity contribution in [3.8, 4) is 0 Å². The molecule has 1 fully saturated rings. The first-order valence-electron chi connectivity index (χ1n) is 8.08. The molecular formula is C18H23N3O. The Morgan fingerprint density at radius 1 is 1.32 bits per heavy atom. The molecule has 0 aliphatic heterocycles. The van der Waals surface area contributed by atoms with Gasteiger partial charge in [-0.05, 0) is 24.3 Å².